The molecule has 0 aromatic heterocycles. The van der Waals surface area contributed by atoms with Gasteiger partial charge in [-0.2, -0.15) is 0 Å². The molecule has 0 bridgehead atoms. The summed E-state index contributed by atoms with van der Waals surface area (Å²) in [7, 11) is 0. The molecule has 1 aromatic carbocycles. The number of piperidine rings is 1. The highest BCUT2D eigenvalue weighted by atomic mass is 19.1. The summed E-state index contributed by atoms with van der Waals surface area (Å²) >= 11 is 0. The Morgan fingerprint density at radius 2 is 2.00 bits per heavy atom. The number of halogens is 2. The topological polar surface area (TPSA) is 49.4 Å². The molecule has 0 radical (unpaired) electrons. The molecule has 1 saturated heterocycles. The maximum Gasteiger partial charge on any atom is 0.249 e. The minimum Gasteiger partial charge on any atom is -0.344 e. The predicted molar refractivity (Wildman–Crippen MR) is 68.2 cm³/mol. The first-order chi connectivity index (χ1) is 9.58. The summed E-state index contributed by atoms with van der Waals surface area (Å²) in [5.41, 5.74) is 0.260. The fourth-order valence-electron chi connectivity index (χ4n) is 2.85. The molecule has 2 amide bonds. The Kier molecular flexibility index (Phi) is 3.16. The van der Waals surface area contributed by atoms with Gasteiger partial charge in [0.15, 0.2) is 0 Å². The molecule has 2 aliphatic heterocycles. The van der Waals surface area contributed by atoms with Gasteiger partial charge in [0.2, 0.25) is 11.8 Å². The molecule has 0 unspecified atom stereocenters. The second-order valence-electron chi connectivity index (χ2n) is 5.11. The average Bonchev–Trinajstić information content (AvgIpc) is 2.88. The molecule has 20 heavy (non-hydrogen) atoms. The number of amides is 2. The number of nitrogens with zero attached hydrogens (tertiary/aromatic N) is 1. The van der Waals surface area contributed by atoms with Crippen molar-refractivity contribution in [1.82, 2.24) is 5.32 Å². The van der Waals surface area contributed by atoms with E-state index in [1.807, 2.05) is 0 Å². The average molecular weight is 280 g/mol. The predicted octanol–water partition coefficient (Wildman–Crippen LogP) is 1.52. The molecule has 1 fully saturated rings. The second-order valence-corrected chi connectivity index (χ2v) is 5.11. The van der Waals surface area contributed by atoms with Crippen LogP contribution in [0.4, 0.5) is 14.5 Å². The van der Waals surface area contributed by atoms with Crippen LogP contribution in [0.15, 0.2) is 12.1 Å². The van der Waals surface area contributed by atoms with Crippen molar-refractivity contribution in [2.24, 2.45) is 0 Å². The van der Waals surface area contributed by atoms with Gasteiger partial charge in [0, 0.05) is 18.5 Å². The van der Waals surface area contributed by atoms with Gasteiger partial charge in [0.25, 0.3) is 0 Å². The molecule has 0 aliphatic carbocycles. The van der Waals surface area contributed by atoms with E-state index in [4.69, 9.17) is 0 Å². The van der Waals surface area contributed by atoms with Gasteiger partial charge < -0.3 is 10.2 Å². The van der Waals surface area contributed by atoms with Gasteiger partial charge in [-0.25, -0.2) is 8.78 Å². The maximum atomic E-state index is 13.9. The summed E-state index contributed by atoms with van der Waals surface area (Å²) in [6.07, 6.45) is 1.87. The summed E-state index contributed by atoms with van der Waals surface area (Å²) in [4.78, 5) is 25.0. The van der Waals surface area contributed by atoms with E-state index in [-0.39, 0.29) is 29.6 Å². The lowest BCUT2D eigenvalue weighted by Crippen LogP contribution is -2.50. The van der Waals surface area contributed by atoms with E-state index in [2.05, 4.69) is 5.32 Å². The van der Waals surface area contributed by atoms with Crippen molar-refractivity contribution in [2.75, 3.05) is 11.4 Å². The Morgan fingerprint density at radius 3 is 2.75 bits per heavy atom. The van der Waals surface area contributed by atoms with Crippen molar-refractivity contribution in [3.63, 3.8) is 0 Å². The van der Waals surface area contributed by atoms with Crippen LogP contribution in [0.2, 0.25) is 0 Å². The Bertz CT molecular complexity index is 589. The molecule has 1 aromatic rings. The second kappa shape index (κ2) is 4.85. The van der Waals surface area contributed by atoms with E-state index < -0.39 is 17.7 Å². The molecule has 4 nitrogen and oxygen atoms in total. The Balaban J connectivity index is 1.89. The van der Waals surface area contributed by atoms with Crippen LogP contribution in [-0.4, -0.2) is 24.4 Å². The van der Waals surface area contributed by atoms with Crippen molar-refractivity contribution >= 4 is 17.5 Å². The lowest BCUT2D eigenvalue weighted by molar-refractivity contribution is -0.129. The quantitative estimate of drug-likeness (QED) is 0.848. The van der Waals surface area contributed by atoms with Crippen molar-refractivity contribution in [2.45, 2.75) is 31.7 Å². The van der Waals surface area contributed by atoms with Crippen LogP contribution in [0.3, 0.4) is 0 Å². The zero-order chi connectivity index (χ0) is 14.3. The van der Waals surface area contributed by atoms with Gasteiger partial charge in [0.05, 0.1) is 5.69 Å². The first kappa shape index (κ1) is 13.0. The molecule has 1 atom stereocenters. The van der Waals surface area contributed by atoms with E-state index in [0.29, 0.717) is 25.7 Å². The number of benzene rings is 1. The number of carbonyl (C=O) groups excluding carboxylic acids is 2. The highest BCUT2D eigenvalue weighted by molar-refractivity contribution is 6.01. The number of rotatable bonds is 1. The van der Waals surface area contributed by atoms with Crippen LogP contribution in [0.25, 0.3) is 0 Å². The van der Waals surface area contributed by atoms with Crippen molar-refractivity contribution in [3.05, 3.63) is 29.3 Å². The molecule has 2 heterocycles. The fourth-order valence-corrected chi connectivity index (χ4v) is 2.85. The van der Waals surface area contributed by atoms with Gasteiger partial charge in [-0.1, -0.05) is 0 Å². The van der Waals surface area contributed by atoms with Crippen molar-refractivity contribution in [3.8, 4) is 0 Å². The molecule has 0 spiro atoms. The zero-order valence-corrected chi connectivity index (χ0v) is 10.8. The van der Waals surface area contributed by atoms with Gasteiger partial charge in [-0.05, 0) is 31.4 Å². The number of hydrogen-bond acceptors (Lipinski definition) is 2. The maximum absolute atomic E-state index is 13.9. The highest BCUT2D eigenvalue weighted by Gasteiger charge is 2.35. The van der Waals surface area contributed by atoms with E-state index in [1.165, 1.54) is 4.90 Å². The van der Waals surface area contributed by atoms with Gasteiger partial charge in [0.1, 0.15) is 17.7 Å². The third kappa shape index (κ3) is 2.05. The van der Waals surface area contributed by atoms with Crippen molar-refractivity contribution in [1.29, 1.82) is 0 Å². The zero-order valence-electron chi connectivity index (χ0n) is 10.8. The number of carbonyl (C=O) groups is 2. The highest BCUT2D eigenvalue weighted by Crippen LogP contribution is 2.33. The monoisotopic (exact) mass is 280 g/mol. The first-order valence-electron chi connectivity index (χ1n) is 6.65. The van der Waals surface area contributed by atoms with Crippen molar-refractivity contribution < 1.29 is 18.4 Å². The Morgan fingerprint density at radius 1 is 1.25 bits per heavy atom. The molecule has 1 N–H and O–H groups in total. The lowest BCUT2D eigenvalue weighted by Gasteiger charge is -2.27. The number of fused-ring (bicyclic) bond motifs is 1. The smallest absolute Gasteiger partial charge is 0.249 e. The molecular formula is C14H14F2N2O2. The third-order valence-corrected chi connectivity index (χ3v) is 3.83. The summed E-state index contributed by atoms with van der Waals surface area (Å²) in [6, 6.07) is 1.47. The Labute approximate surface area is 114 Å². The summed E-state index contributed by atoms with van der Waals surface area (Å²) in [5, 5.41) is 2.61. The number of hydrogen-bond donors (Lipinski definition) is 1. The summed E-state index contributed by atoms with van der Waals surface area (Å²) in [5.74, 6) is -1.63. The molecule has 2 aliphatic rings. The largest absolute Gasteiger partial charge is 0.344 e. The van der Waals surface area contributed by atoms with E-state index in [1.54, 1.807) is 0 Å². The van der Waals surface area contributed by atoms with Gasteiger partial charge in [-0.15, -0.1) is 0 Å². The molecule has 106 valence electrons. The lowest BCUT2D eigenvalue weighted by atomic mass is 10.0. The first-order valence-corrected chi connectivity index (χ1v) is 6.65. The molecule has 0 saturated carbocycles. The van der Waals surface area contributed by atoms with Crippen LogP contribution < -0.4 is 10.2 Å². The molecular weight excluding hydrogens is 266 g/mol. The van der Waals surface area contributed by atoms with Crippen LogP contribution >= 0.6 is 0 Å². The van der Waals surface area contributed by atoms with Crippen LogP contribution in [-0.2, 0) is 16.0 Å². The van der Waals surface area contributed by atoms with E-state index in [0.717, 1.165) is 12.1 Å². The summed E-state index contributed by atoms with van der Waals surface area (Å²) in [6.45, 7) is 0.248. The van der Waals surface area contributed by atoms with Gasteiger partial charge in [-0.3, -0.25) is 9.59 Å². The van der Waals surface area contributed by atoms with E-state index in [9.17, 15) is 18.4 Å². The van der Waals surface area contributed by atoms with Crippen LogP contribution in [0, 0.1) is 11.6 Å². The number of nitrogens with one attached hydrogen (secondary N) is 1. The fraction of sp³-hybridized carbons (Fsp3) is 0.429. The van der Waals surface area contributed by atoms with E-state index >= 15 is 0 Å². The van der Waals surface area contributed by atoms with Crippen LogP contribution in [0.1, 0.15) is 24.8 Å². The molecule has 6 heteroatoms. The normalized spacial score (nSPS) is 21.6. The minimum atomic E-state index is -0.634. The number of anilines is 1. The van der Waals surface area contributed by atoms with Crippen LogP contribution in [0.5, 0.6) is 0 Å². The minimum absolute atomic E-state index is 0.0230. The summed E-state index contributed by atoms with van der Waals surface area (Å²) < 4.78 is 27.5. The SMILES string of the molecule is O=C1CCC[C@@H](C(=O)N2CCc3c(F)ccc(F)c32)N1. The Hall–Kier alpha value is -1.98. The molecule has 3 rings (SSSR count). The third-order valence-electron chi connectivity index (χ3n) is 3.83. The standard InChI is InChI=1S/C14H14F2N2O2/c15-9-4-5-10(16)13-8(9)6-7-18(13)14(20)11-2-1-3-12(19)17-11/h4-5,11H,1-3,6-7H2,(H,17,19)/t11-/m0/s1. The van der Waals surface area contributed by atoms with Gasteiger partial charge >= 0.3 is 0 Å².